The molecule has 2 amide bonds. The second-order valence-corrected chi connectivity index (χ2v) is 8.06. The maximum atomic E-state index is 13.5. The van der Waals surface area contributed by atoms with Crippen molar-refractivity contribution < 1.29 is 14.0 Å². The molecule has 6 heteroatoms. The Morgan fingerprint density at radius 2 is 1.72 bits per heavy atom. The number of halogens is 2. The molecule has 2 aliphatic heterocycles. The normalized spacial score (nSPS) is 20.0. The van der Waals surface area contributed by atoms with Crippen molar-refractivity contribution in [3.63, 3.8) is 0 Å². The minimum Gasteiger partial charge on any atom is -0.306 e. The van der Waals surface area contributed by atoms with E-state index in [2.05, 4.69) is 15.9 Å². The number of hydrogen-bond donors (Lipinski definition) is 0. The van der Waals surface area contributed by atoms with Gasteiger partial charge in [0, 0.05) is 39.8 Å². The molecule has 0 aromatic heterocycles. The SMILES string of the molecule is O=C(c1ccc(F)cc1)N1CCN2C(=O)c3ccccc3C12c1cccc(Br)c1. The fourth-order valence-corrected chi connectivity index (χ4v) is 4.90. The van der Waals surface area contributed by atoms with Crippen LogP contribution in [-0.4, -0.2) is 34.7 Å². The van der Waals surface area contributed by atoms with E-state index in [-0.39, 0.29) is 11.8 Å². The molecule has 0 N–H and O–H groups in total. The van der Waals surface area contributed by atoms with Gasteiger partial charge in [-0.2, -0.15) is 0 Å². The van der Waals surface area contributed by atoms with Gasteiger partial charge in [-0.25, -0.2) is 4.39 Å². The zero-order chi connectivity index (χ0) is 20.2. The molecule has 0 bridgehead atoms. The lowest BCUT2D eigenvalue weighted by atomic mass is 9.89. The monoisotopic (exact) mass is 450 g/mol. The molecule has 3 aromatic carbocycles. The van der Waals surface area contributed by atoms with Crippen LogP contribution in [0.1, 0.15) is 31.8 Å². The summed E-state index contributed by atoms with van der Waals surface area (Å²) in [6.07, 6.45) is 0. The third kappa shape index (κ3) is 2.48. The van der Waals surface area contributed by atoms with E-state index in [0.29, 0.717) is 24.2 Å². The highest BCUT2D eigenvalue weighted by atomic mass is 79.9. The van der Waals surface area contributed by atoms with Crippen LogP contribution in [0.25, 0.3) is 0 Å². The standard InChI is InChI=1S/C23H16BrFN2O2/c24-17-5-3-4-16(14-17)23-20-7-2-1-6-19(20)22(29)27(23)13-12-26(23)21(28)15-8-10-18(25)11-9-15/h1-11,14H,12-13H2. The minimum absolute atomic E-state index is 0.0880. The molecule has 4 nitrogen and oxygen atoms in total. The van der Waals surface area contributed by atoms with Crippen LogP contribution < -0.4 is 0 Å². The third-order valence-electron chi connectivity index (χ3n) is 5.67. The molecule has 2 heterocycles. The lowest BCUT2D eigenvalue weighted by Crippen LogP contribution is -2.51. The Morgan fingerprint density at radius 3 is 2.48 bits per heavy atom. The van der Waals surface area contributed by atoms with Crippen molar-refractivity contribution in [2.45, 2.75) is 5.66 Å². The Hall–Kier alpha value is -2.99. The first-order valence-corrected chi connectivity index (χ1v) is 10.1. The summed E-state index contributed by atoms with van der Waals surface area (Å²) in [5.41, 5.74) is 1.58. The van der Waals surface area contributed by atoms with Crippen molar-refractivity contribution >= 4 is 27.7 Å². The van der Waals surface area contributed by atoms with Crippen molar-refractivity contribution in [3.05, 3.63) is 105 Å². The van der Waals surface area contributed by atoms with E-state index in [4.69, 9.17) is 0 Å². The molecule has 2 aliphatic rings. The van der Waals surface area contributed by atoms with Gasteiger partial charge in [-0.1, -0.05) is 46.3 Å². The first-order chi connectivity index (χ1) is 14.0. The maximum Gasteiger partial charge on any atom is 0.256 e. The zero-order valence-corrected chi connectivity index (χ0v) is 16.9. The number of benzene rings is 3. The molecule has 0 spiro atoms. The molecule has 0 radical (unpaired) electrons. The van der Waals surface area contributed by atoms with Gasteiger partial charge < -0.3 is 9.80 Å². The van der Waals surface area contributed by atoms with E-state index in [1.54, 1.807) is 15.9 Å². The summed E-state index contributed by atoms with van der Waals surface area (Å²) in [6.45, 7) is 0.815. The van der Waals surface area contributed by atoms with Gasteiger partial charge in [0.2, 0.25) is 0 Å². The molecule has 1 atom stereocenters. The Kier molecular flexibility index (Phi) is 4.06. The second kappa shape index (κ2) is 6.52. The van der Waals surface area contributed by atoms with Crippen LogP contribution in [0.3, 0.4) is 0 Å². The first-order valence-electron chi connectivity index (χ1n) is 9.28. The smallest absolute Gasteiger partial charge is 0.256 e. The number of amides is 2. The van der Waals surface area contributed by atoms with Gasteiger partial charge in [0.05, 0.1) is 0 Å². The highest BCUT2D eigenvalue weighted by Crippen LogP contribution is 2.50. The molecule has 1 saturated heterocycles. The highest BCUT2D eigenvalue weighted by molar-refractivity contribution is 9.10. The fourth-order valence-electron chi connectivity index (χ4n) is 4.50. The Balaban J connectivity index is 1.75. The van der Waals surface area contributed by atoms with Crippen LogP contribution in [0.5, 0.6) is 0 Å². The van der Waals surface area contributed by atoms with Crippen molar-refractivity contribution in [2.75, 3.05) is 13.1 Å². The first kappa shape index (κ1) is 18.1. The summed E-state index contributed by atoms with van der Waals surface area (Å²) in [5.74, 6) is -0.723. The van der Waals surface area contributed by atoms with Gasteiger partial charge in [0.25, 0.3) is 11.8 Å². The largest absolute Gasteiger partial charge is 0.306 e. The van der Waals surface area contributed by atoms with E-state index < -0.39 is 11.5 Å². The molecular weight excluding hydrogens is 435 g/mol. The molecule has 1 fully saturated rings. The quantitative estimate of drug-likeness (QED) is 0.580. The van der Waals surface area contributed by atoms with Crippen LogP contribution in [0, 0.1) is 5.82 Å². The van der Waals surface area contributed by atoms with Gasteiger partial charge in [0.15, 0.2) is 5.66 Å². The van der Waals surface area contributed by atoms with Crippen LogP contribution in [0.15, 0.2) is 77.3 Å². The third-order valence-corrected chi connectivity index (χ3v) is 6.16. The molecule has 144 valence electrons. The lowest BCUT2D eigenvalue weighted by molar-refractivity contribution is 0.0375. The van der Waals surface area contributed by atoms with E-state index in [1.165, 1.54) is 24.3 Å². The van der Waals surface area contributed by atoms with Crippen molar-refractivity contribution in [1.29, 1.82) is 0 Å². The zero-order valence-electron chi connectivity index (χ0n) is 15.3. The van der Waals surface area contributed by atoms with Crippen LogP contribution in [0.2, 0.25) is 0 Å². The molecule has 5 rings (SSSR count). The molecule has 0 saturated carbocycles. The van der Waals surface area contributed by atoms with Gasteiger partial charge in [-0.05, 0) is 42.5 Å². The number of hydrogen-bond acceptors (Lipinski definition) is 2. The number of carbonyl (C=O) groups excluding carboxylic acids is 2. The predicted molar refractivity (Wildman–Crippen MR) is 110 cm³/mol. The number of fused-ring (bicyclic) bond motifs is 3. The average molecular weight is 451 g/mol. The molecule has 29 heavy (non-hydrogen) atoms. The maximum absolute atomic E-state index is 13.5. The molecule has 3 aromatic rings. The van der Waals surface area contributed by atoms with Gasteiger partial charge >= 0.3 is 0 Å². The lowest BCUT2D eigenvalue weighted by Gasteiger charge is -2.40. The number of rotatable bonds is 2. The van der Waals surface area contributed by atoms with Crippen LogP contribution in [0.4, 0.5) is 4.39 Å². The van der Waals surface area contributed by atoms with Gasteiger partial charge in [0.1, 0.15) is 5.82 Å². The second-order valence-electron chi connectivity index (χ2n) is 7.15. The predicted octanol–water partition coefficient (Wildman–Crippen LogP) is 4.40. The molecule has 0 aliphatic carbocycles. The van der Waals surface area contributed by atoms with Crippen LogP contribution in [-0.2, 0) is 5.66 Å². The van der Waals surface area contributed by atoms with E-state index in [1.807, 2.05) is 42.5 Å². The summed E-state index contributed by atoms with van der Waals surface area (Å²) in [6, 6.07) is 20.6. The fraction of sp³-hybridized carbons (Fsp3) is 0.130. The summed E-state index contributed by atoms with van der Waals surface area (Å²) >= 11 is 3.52. The number of carbonyl (C=O) groups is 2. The van der Waals surface area contributed by atoms with Crippen LogP contribution >= 0.6 is 15.9 Å². The van der Waals surface area contributed by atoms with Crippen molar-refractivity contribution in [1.82, 2.24) is 9.80 Å². The average Bonchev–Trinajstić information content (AvgIpc) is 3.24. The Bertz CT molecular complexity index is 1150. The Labute approximate surface area is 175 Å². The van der Waals surface area contributed by atoms with Crippen molar-refractivity contribution in [2.24, 2.45) is 0 Å². The highest BCUT2D eigenvalue weighted by Gasteiger charge is 2.59. The summed E-state index contributed by atoms with van der Waals surface area (Å²) in [4.78, 5) is 30.2. The van der Waals surface area contributed by atoms with Crippen molar-refractivity contribution in [3.8, 4) is 0 Å². The van der Waals surface area contributed by atoms with E-state index in [9.17, 15) is 14.0 Å². The Morgan fingerprint density at radius 1 is 0.966 bits per heavy atom. The van der Waals surface area contributed by atoms with Gasteiger partial charge in [-0.15, -0.1) is 0 Å². The summed E-state index contributed by atoms with van der Waals surface area (Å²) in [5, 5.41) is 0. The van der Waals surface area contributed by atoms with E-state index >= 15 is 0 Å². The topological polar surface area (TPSA) is 40.6 Å². The molecular formula is C23H16BrFN2O2. The van der Waals surface area contributed by atoms with Gasteiger partial charge in [-0.3, -0.25) is 9.59 Å². The molecule has 1 unspecified atom stereocenters. The number of nitrogens with zero attached hydrogens (tertiary/aromatic N) is 2. The van der Waals surface area contributed by atoms with E-state index in [0.717, 1.165) is 15.6 Å². The summed E-state index contributed by atoms with van der Waals surface area (Å²) < 4.78 is 14.3. The summed E-state index contributed by atoms with van der Waals surface area (Å²) in [7, 11) is 0. The minimum atomic E-state index is -1.02.